The molecule has 1 aromatic rings. The molecule has 25 heavy (non-hydrogen) atoms. The Labute approximate surface area is 151 Å². The van der Waals surface area contributed by atoms with Crippen LogP contribution in [0.25, 0.3) is 0 Å². The highest BCUT2D eigenvalue weighted by Crippen LogP contribution is 2.25. The Balaban J connectivity index is 2.47. The molecule has 0 aliphatic carbocycles. The van der Waals surface area contributed by atoms with Crippen LogP contribution in [0.15, 0.2) is 17.0 Å². The van der Waals surface area contributed by atoms with Crippen molar-refractivity contribution in [2.45, 2.75) is 44.6 Å². The van der Waals surface area contributed by atoms with Gasteiger partial charge in [-0.3, -0.25) is 4.79 Å². The lowest BCUT2D eigenvalue weighted by atomic mass is 10.0. The molecule has 7 heteroatoms. The van der Waals surface area contributed by atoms with Gasteiger partial charge in [-0.05, 0) is 56.5 Å². The van der Waals surface area contributed by atoms with E-state index in [9.17, 15) is 13.2 Å². The van der Waals surface area contributed by atoms with Crippen molar-refractivity contribution < 1.29 is 13.2 Å². The lowest BCUT2D eigenvalue weighted by Gasteiger charge is -2.29. The number of benzene rings is 1. The van der Waals surface area contributed by atoms with Crippen molar-refractivity contribution in [1.29, 1.82) is 0 Å². The van der Waals surface area contributed by atoms with Crippen molar-refractivity contribution in [3.8, 4) is 0 Å². The lowest BCUT2D eigenvalue weighted by molar-refractivity contribution is 0.0692. The highest BCUT2D eigenvalue weighted by Gasteiger charge is 2.29. The van der Waals surface area contributed by atoms with E-state index in [1.165, 1.54) is 24.5 Å². The van der Waals surface area contributed by atoms with Gasteiger partial charge in [0, 0.05) is 38.8 Å². The maximum absolute atomic E-state index is 13.1. The summed E-state index contributed by atoms with van der Waals surface area (Å²) in [5, 5.41) is 3.29. The Kier molecular flexibility index (Phi) is 6.24. The molecule has 1 saturated heterocycles. The molecule has 1 amide bonds. The van der Waals surface area contributed by atoms with Crippen LogP contribution >= 0.6 is 0 Å². The van der Waals surface area contributed by atoms with E-state index >= 15 is 0 Å². The molecular formula is C18H29N3O3S. The second-order valence-electron chi connectivity index (χ2n) is 6.85. The van der Waals surface area contributed by atoms with Crippen LogP contribution in [-0.2, 0) is 10.0 Å². The van der Waals surface area contributed by atoms with Gasteiger partial charge in [0.1, 0.15) is 0 Å². The Bertz CT molecular complexity index is 738. The van der Waals surface area contributed by atoms with Gasteiger partial charge in [0.15, 0.2) is 0 Å². The first-order valence-corrected chi connectivity index (χ1v) is 10.2. The fourth-order valence-corrected chi connectivity index (χ4v) is 4.39. The minimum atomic E-state index is -3.59. The van der Waals surface area contributed by atoms with E-state index in [-0.39, 0.29) is 16.8 Å². The van der Waals surface area contributed by atoms with Crippen molar-refractivity contribution >= 4 is 15.9 Å². The molecule has 0 bridgehead atoms. The number of rotatable bonds is 6. The molecule has 1 aromatic carbocycles. The number of aryl methyl sites for hydroxylation is 1. The van der Waals surface area contributed by atoms with Crippen LogP contribution in [0.3, 0.4) is 0 Å². The number of carbonyl (C=O) groups excluding carboxylic acids is 1. The third kappa shape index (κ3) is 4.04. The van der Waals surface area contributed by atoms with Crippen molar-refractivity contribution in [3.05, 3.63) is 28.8 Å². The number of carbonyl (C=O) groups is 1. The van der Waals surface area contributed by atoms with E-state index in [4.69, 9.17) is 0 Å². The molecule has 1 aliphatic heterocycles. The summed E-state index contributed by atoms with van der Waals surface area (Å²) in [5.41, 5.74) is 1.95. The standard InChI is InChI=1S/C18H29N3O3S/c1-6-9-21(16-7-8-19-12-16)18(22)15-10-13(2)14(3)17(11-15)25(23,24)20(4)5/h10-11,16,19H,6-9,12H2,1-5H3. The minimum absolute atomic E-state index is 0.0890. The molecule has 1 N–H and O–H groups in total. The molecule has 1 unspecified atom stereocenters. The van der Waals surface area contributed by atoms with Gasteiger partial charge >= 0.3 is 0 Å². The van der Waals surface area contributed by atoms with E-state index in [0.29, 0.717) is 17.7 Å². The highest BCUT2D eigenvalue weighted by atomic mass is 32.2. The molecule has 1 atom stereocenters. The van der Waals surface area contributed by atoms with Crippen LogP contribution in [0.1, 0.15) is 41.3 Å². The Hall–Kier alpha value is -1.44. The zero-order chi connectivity index (χ0) is 18.8. The number of nitrogens with zero attached hydrogens (tertiary/aromatic N) is 2. The molecule has 0 aromatic heterocycles. The van der Waals surface area contributed by atoms with Crippen LogP contribution in [-0.4, -0.2) is 63.3 Å². The third-order valence-electron chi connectivity index (χ3n) is 4.83. The van der Waals surface area contributed by atoms with Crippen LogP contribution in [0, 0.1) is 13.8 Å². The van der Waals surface area contributed by atoms with Gasteiger partial charge < -0.3 is 10.2 Å². The van der Waals surface area contributed by atoms with Crippen LogP contribution in [0.4, 0.5) is 0 Å². The van der Waals surface area contributed by atoms with Crippen molar-refractivity contribution in [1.82, 2.24) is 14.5 Å². The van der Waals surface area contributed by atoms with E-state index in [0.717, 1.165) is 31.5 Å². The molecule has 2 rings (SSSR count). The average Bonchev–Trinajstić information content (AvgIpc) is 3.08. The van der Waals surface area contributed by atoms with Gasteiger partial charge in [0.25, 0.3) is 5.91 Å². The summed E-state index contributed by atoms with van der Waals surface area (Å²) in [5.74, 6) is -0.0890. The summed E-state index contributed by atoms with van der Waals surface area (Å²) in [4.78, 5) is 15.2. The predicted molar refractivity (Wildman–Crippen MR) is 99.4 cm³/mol. The maximum Gasteiger partial charge on any atom is 0.254 e. The second kappa shape index (κ2) is 7.85. The van der Waals surface area contributed by atoms with Gasteiger partial charge in [-0.25, -0.2) is 12.7 Å². The first kappa shape index (κ1) is 19.9. The topological polar surface area (TPSA) is 69.7 Å². The highest BCUT2D eigenvalue weighted by molar-refractivity contribution is 7.89. The zero-order valence-electron chi connectivity index (χ0n) is 15.8. The Morgan fingerprint density at radius 2 is 1.96 bits per heavy atom. The molecule has 1 heterocycles. The van der Waals surface area contributed by atoms with Gasteiger partial charge in [-0.15, -0.1) is 0 Å². The number of hydrogen-bond donors (Lipinski definition) is 1. The van der Waals surface area contributed by atoms with Gasteiger partial charge in [0.05, 0.1) is 4.90 Å². The van der Waals surface area contributed by atoms with Gasteiger partial charge in [-0.2, -0.15) is 0 Å². The van der Waals surface area contributed by atoms with Crippen LogP contribution in [0.2, 0.25) is 0 Å². The summed E-state index contributed by atoms with van der Waals surface area (Å²) in [7, 11) is -0.581. The first-order chi connectivity index (χ1) is 11.7. The smallest absolute Gasteiger partial charge is 0.254 e. The van der Waals surface area contributed by atoms with Crippen LogP contribution in [0.5, 0.6) is 0 Å². The normalized spacial score (nSPS) is 17.9. The van der Waals surface area contributed by atoms with E-state index in [2.05, 4.69) is 5.32 Å². The van der Waals surface area contributed by atoms with Crippen molar-refractivity contribution in [2.75, 3.05) is 33.7 Å². The third-order valence-corrected chi connectivity index (χ3v) is 6.77. The predicted octanol–water partition coefficient (Wildman–Crippen LogP) is 1.77. The Morgan fingerprint density at radius 3 is 2.48 bits per heavy atom. The molecule has 6 nitrogen and oxygen atoms in total. The summed E-state index contributed by atoms with van der Waals surface area (Å²) >= 11 is 0. The fourth-order valence-electron chi connectivity index (χ4n) is 3.18. The summed E-state index contributed by atoms with van der Waals surface area (Å²) in [6, 6.07) is 3.51. The SMILES string of the molecule is CCCN(C(=O)c1cc(C)c(C)c(S(=O)(=O)N(C)C)c1)C1CCNC1. The quantitative estimate of drug-likeness (QED) is 0.832. The summed E-state index contributed by atoms with van der Waals surface area (Å²) in [6.07, 6.45) is 1.80. The summed E-state index contributed by atoms with van der Waals surface area (Å²) < 4.78 is 26.4. The molecule has 0 radical (unpaired) electrons. The largest absolute Gasteiger partial charge is 0.334 e. The fraction of sp³-hybridized carbons (Fsp3) is 0.611. The molecular weight excluding hydrogens is 338 g/mol. The van der Waals surface area contributed by atoms with E-state index in [1.54, 1.807) is 13.0 Å². The monoisotopic (exact) mass is 367 g/mol. The first-order valence-electron chi connectivity index (χ1n) is 8.75. The van der Waals surface area contributed by atoms with E-state index < -0.39 is 10.0 Å². The number of hydrogen-bond acceptors (Lipinski definition) is 4. The maximum atomic E-state index is 13.1. The summed E-state index contributed by atoms with van der Waals surface area (Å²) in [6.45, 7) is 8.05. The molecule has 1 aliphatic rings. The zero-order valence-corrected chi connectivity index (χ0v) is 16.6. The molecule has 140 valence electrons. The van der Waals surface area contributed by atoms with E-state index in [1.807, 2.05) is 18.7 Å². The minimum Gasteiger partial charge on any atom is -0.334 e. The molecule has 0 saturated carbocycles. The lowest BCUT2D eigenvalue weighted by Crippen LogP contribution is -2.42. The Morgan fingerprint density at radius 1 is 1.28 bits per heavy atom. The number of sulfonamides is 1. The van der Waals surface area contributed by atoms with Crippen molar-refractivity contribution in [2.24, 2.45) is 0 Å². The number of amides is 1. The average molecular weight is 368 g/mol. The van der Waals surface area contributed by atoms with Crippen LogP contribution < -0.4 is 5.32 Å². The molecule has 1 fully saturated rings. The van der Waals surface area contributed by atoms with Gasteiger partial charge in [-0.1, -0.05) is 6.92 Å². The number of nitrogens with one attached hydrogen (secondary N) is 1. The van der Waals surface area contributed by atoms with Gasteiger partial charge in [0.2, 0.25) is 10.0 Å². The van der Waals surface area contributed by atoms with Crippen molar-refractivity contribution in [3.63, 3.8) is 0 Å². The second-order valence-corrected chi connectivity index (χ2v) is 8.97. The molecule has 0 spiro atoms.